The molecule has 1 heterocycles. The van der Waals surface area contributed by atoms with Gasteiger partial charge >= 0.3 is 0 Å². The van der Waals surface area contributed by atoms with Crippen LogP contribution in [0.4, 0.5) is 5.00 Å². The van der Waals surface area contributed by atoms with Crippen molar-refractivity contribution in [2.75, 3.05) is 5.32 Å². The van der Waals surface area contributed by atoms with Crippen molar-refractivity contribution in [3.05, 3.63) is 28.2 Å². The molecule has 0 radical (unpaired) electrons. The fraction of sp³-hybridized carbons (Fsp3) is 0.529. The zero-order valence-corrected chi connectivity index (χ0v) is 13.2. The molecule has 0 unspecified atom stereocenters. The number of allylic oxidation sites excluding steroid dienone is 2. The average molecular weight is 316 g/mol. The Kier molecular flexibility index (Phi) is 3.33. The van der Waals surface area contributed by atoms with Crippen molar-refractivity contribution in [2.24, 2.45) is 23.5 Å². The number of thiophene rings is 1. The first-order valence-electron chi connectivity index (χ1n) is 8.07. The van der Waals surface area contributed by atoms with Gasteiger partial charge in [-0.3, -0.25) is 9.59 Å². The highest BCUT2D eigenvalue weighted by atomic mass is 32.1. The molecular weight excluding hydrogens is 296 g/mol. The summed E-state index contributed by atoms with van der Waals surface area (Å²) in [4.78, 5) is 25.7. The zero-order valence-electron chi connectivity index (χ0n) is 12.4. The summed E-state index contributed by atoms with van der Waals surface area (Å²) in [7, 11) is 0. The fourth-order valence-corrected chi connectivity index (χ4v) is 5.50. The standard InChI is InChI=1S/C17H20N2O2S/c18-15(20)14-11-3-1-2-4-13(11)22-17(14)19-16(21)12-8-9-5-6-10(12)7-9/h5-6,9-10,12H,1-4,7-8H2,(H2,18,20)(H,19,21)/t9-,10-,12+/m1/s1. The van der Waals surface area contributed by atoms with Gasteiger partial charge in [0.15, 0.2) is 0 Å². The van der Waals surface area contributed by atoms with Crippen LogP contribution in [0.3, 0.4) is 0 Å². The van der Waals surface area contributed by atoms with Crippen molar-refractivity contribution in [1.82, 2.24) is 0 Å². The van der Waals surface area contributed by atoms with Crippen LogP contribution in [-0.2, 0) is 17.6 Å². The molecule has 2 bridgehead atoms. The van der Waals surface area contributed by atoms with Gasteiger partial charge in [-0.2, -0.15) is 0 Å². The van der Waals surface area contributed by atoms with Crippen LogP contribution in [0.5, 0.6) is 0 Å². The second kappa shape index (κ2) is 5.23. The number of carbonyl (C=O) groups is 2. The van der Waals surface area contributed by atoms with E-state index in [1.54, 1.807) is 11.3 Å². The molecule has 0 aliphatic heterocycles. The number of nitrogens with one attached hydrogen (secondary N) is 1. The largest absolute Gasteiger partial charge is 0.365 e. The highest BCUT2D eigenvalue weighted by molar-refractivity contribution is 7.17. The Hall–Kier alpha value is -1.62. The summed E-state index contributed by atoms with van der Waals surface area (Å²) in [5.41, 5.74) is 7.22. The number of carbonyl (C=O) groups excluding carboxylic acids is 2. The maximum Gasteiger partial charge on any atom is 0.251 e. The van der Waals surface area contributed by atoms with Crippen molar-refractivity contribution in [3.63, 3.8) is 0 Å². The topological polar surface area (TPSA) is 72.2 Å². The molecule has 3 N–H and O–H groups in total. The third-order valence-corrected chi connectivity index (χ3v) is 6.48. The van der Waals surface area contributed by atoms with Crippen molar-refractivity contribution in [2.45, 2.75) is 38.5 Å². The Balaban J connectivity index is 1.60. The number of anilines is 1. The molecule has 1 aromatic rings. The lowest BCUT2D eigenvalue weighted by atomic mass is 9.92. The summed E-state index contributed by atoms with van der Waals surface area (Å²) < 4.78 is 0. The van der Waals surface area contributed by atoms with Crippen molar-refractivity contribution < 1.29 is 9.59 Å². The molecule has 4 nitrogen and oxygen atoms in total. The third-order valence-electron chi connectivity index (χ3n) is 5.27. The average Bonchev–Trinajstić information content (AvgIpc) is 3.19. The maximum absolute atomic E-state index is 12.6. The van der Waals surface area contributed by atoms with Crippen LogP contribution in [0.2, 0.25) is 0 Å². The van der Waals surface area contributed by atoms with E-state index in [2.05, 4.69) is 17.5 Å². The van der Waals surface area contributed by atoms with Gasteiger partial charge in [-0.15, -0.1) is 11.3 Å². The highest BCUT2D eigenvalue weighted by Crippen LogP contribution is 2.44. The monoisotopic (exact) mass is 316 g/mol. The number of fused-ring (bicyclic) bond motifs is 3. The Morgan fingerprint density at radius 2 is 2.00 bits per heavy atom. The van der Waals surface area contributed by atoms with Crippen LogP contribution < -0.4 is 11.1 Å². The quantitative estimate of drug-likeness (QED) is 0.842. The van der Waals surface area contributed by atoms with Crippen LogP contribution in [-0.4, -0.2) is 11.8 Å². The maximum atomic E-state index is 12.6. The normalized spacial score (nSPS) is 28.6. The van der Waals surface area contributed by atoms with E-state index in [0.29, 0.717) is 22.4 Å². The molecular formula is C17H20N2O2S. The number of rotatable bonds is 3. The van der Waals surface area contributed by atoms with E-state index in [9.17, 15) is 9.59 Å². The summed E-state index contributed by atoms with van der Waals surface area (Å²) >= 11 is 1.55. The van der Waals surface area contributed by atoms with E-state index in [1.165, 1.54) is 4.88 Å². The Morgan fingerprint density at radius 3 is 2.68 bits per heavy atom. The molecule has 3 atom stereocenters. The van der Waals surface area contributed by atoms with E-state index >= 15 is 0 Å². The van der Waals surface area contributed by atoms with E-state index in [-0.39, 0.29) is 11.8 Å². The summed E-state index contributed by atoms with van der Waals surface area (Å²) in [6.07, 6.45) is 10.6. The Morgan fingerprint density at radius 1 is 1.18 bits per heavy atom. The molecule has 4 rings (SSSR count). The van der Waals surface area contributed by atoms with Crippen molar-refractivity contribution in [3.8, 4) is 0 Å². The number of amides is 2. The zero-order chi connectivity index (χ0) is 15.3. The number of aryl methyl sites for hydroxylation is 1. The number of nitrogens with two attached hydrogens (primary N) is 1. The van der Waals surface area contributed by atoms with Crippen LogP contribution in [0.1, 0.15) is 46.5 Å². The smallest absolute Gasteiger partial charge is 0.251 e. The molecule has 1 saturated carbocycles. The SMILES string of the molecule is NC(=O)c1c(NC(=O)[C@H]2C[C@@H]3C=C[C@@H]2C3)sc2c1CCCC2. The first kappa shape index (κ1) is 14.0. The predicted molar refractivity (Wildman–Crippen MR) is 87.0 cm³/mol. The molecule has 3 aliphatic carbocycles. The molecule has 22 heavy (non-hydrogen) atoms. The second-order valence-corrected chi connectivity index (χ2v) is 7.76. The molecule has 2 amide bonds. The first-order chi connectivity index (χ1) is 10.6. The lowest BCUT2D eigenvalue weighted by molar-refractivity contribution is -0.120. The molecule has 0 aromatic carbocycles. The Labute approximate surface area is 133 Å². The van der Waals surface area contributed by atoms with Crippen LogP contribution in [0, 0.1) is 17.8 Å². The second-order valence-electron chi connectivity index (χ2n) is 6.66. The van der Waals surface area contributed by atoms with Gasteiger partial charge in [0.2, 0.25) is 5.91 Å². The molecule has 5 heteroatoms. The first-order valence-corrected chi connectivity index (χ1v) is 8.88. The minimum Gasteiger partial charge on any atom is -0.365 e. The van der Waals surface area contributed by atoms with Gasteiger partial charge in [0.05, 0.1) is 5.56 Å². The number of primary amides is 1. The summed E-state index contributed by atoms with van der Waals surface area (Å²) in [5.74, 6) is 0.625. The molecule has 1 fully saturated rings. The number of hydrogen-bond acceptors (Lipinski definition) is 3. The number of hydrogen-bond donors (Lipinski definition) is 2. The summed E-state index contributed by atoms with van der Waals surface area (Å²) in [6, 6.07) is 0. The Bertz CT molecular complexity index is 676. The lowest BCUT2D eigenvalue weighted by Gasteiger charge is -2.17. The lowest BCUT2D eigenvalue weighted by Crippen LogP contribution is -2.27. The van der Waals surface area contributed by atoms with Gasteiger partial charge in [-0.25, -0.2) is 0 Å². The van der Waals surface area contributed by atoms with Gasteiger partial charge in [0.1, 0.15) is 5.00 Å². The molecule has 0 saturated heterocycles. The molecule has 1 aromatic heterocycles. The minimum absolute atomic E-state index is 0.0508. The van der Waals surface area contributed by atoms with Crippen LogP contribution >= 0.6 is 11.3 Å². The van der Waals surface area contributed by atoms with Crippen molar-refractivity contribution in [1.29, 1.82) is 0 Å². The molecule has 3 aliphatic rings. The minimum atomic E-state index is -0.414. The van der Waals surface area contributed by atoms with Gasteiger partial charge in [-0.1, -0.05) is 12.2 Å². The predicted octanol–water partition coefficient (Wildman–Crippen LogP) is 2.88. The van der Waals surface area contributed by atoms with Gasteiger partial charge in [0, 0.05) is 10.8 Å². The fourth-order valence-electron chi connectivity index (χ4n) is 4.20. The van der Waals surface area contributed by atoms with Gasteiger partial charge in [0.25, 0.3) is 5.91 Å². The van der Waals surface area contributed by atoms with E-state index in [0.717, 1.165) is 44.1 Å². The third kappa shape index (κ3) is 2.19. The summed E-state index contributed by atoms with van der Waals surface area (Å²) in [5, 5.41) is 3.70. The van der Waals surface area contributed by atoms with Crippen LogP contribution in [0.25, 0.3) is 0 Å². The molecule has 0 spiro atoms. The van der Waals surface area contributed by atoms with Crippen molar-refractivity contribution >= 4 is 28.2 Å². The van der Waals surface area contributed by atoms with Gasteiger partial charge < -0.3 is 11.1 Å². The van der Waals surface area contributed by atoms with Crippen LogP contribution in [0.15, 0.2) is 12.2 Å². The highest BCUT2D eigenvalue weighted by Gasteiger charge is 2.40. The summed E-state index contributed by atoms with van der Waals surface area (Å²) in [6.45, 7) is 0. The van der Waals surface area contributed by atoms with E-state index < -0.39 is 5.91 Å². The van der Waals surface area contributed by atoms with E-state index in [4.69, 9.17) is 5.73 Å². The van der Waals surface area contributed by atoms with Gasteiger partial charge in [-0.05, 0) is 55.9 Å². The van der Waals surface area contributed by atoms with E-state index in [1.807, 2.05) is 0 Å². The molecule has 116 valence electrons.